The summed E-state index contributed by atoms with van der Waals surface area (Å²) in [6, 6.07) is 16.3. The molecule has 0 fully saturated rings. The van der Waals surface area contributed by atoms with Crippen LogP contribution in [0, 0.1) is 0 Å². The van der Waals surface area contributed by atoms with E-state index in [9.17, 15) is 18.3 Å². The topological polar surface area (TPSA) is 109 Å². The standard InChI is InChI=1S/C27H31N3O5S/c1-5-18-12-14-21(15-13-18)36(33,34)29-23-22-16-19(17-28-25(22)35-27(3,4)24(23)31)26(32)30(6-2)20-10-8-7-9-11-20/h7-17,23-24,29,31H,5-6H2,1-4H3/t23-,24+/m1/s1. The van der Waals surface area contributed by atoms with Crippen molar-refractivity contribution in [2.24, 2.45) is 0 Å². The van der Waals surface area contributed by atoms with E-state index in [-0.39, 0.29) is 22.2 Å². The minimum atomic E-state index is -4.00. The number of hydrogen-bond donors (Lipinski definition) is 2. The quantitative estimate of drug-likeness (QED) is 0.501. The first-order chi connectivity index (χ1) is 17.1. The normalized spacial score (nSPS) is 18.7. The van der Waals surface area contributed by atoms with Crippen molar-refractivity contribution in [2.75, 3.05) is 11.4 Å². The number of sulfonamides is 1. The van der Waals surface area contributed by atoms with E-state index in [4.69, 9.17) is 4.74 Å². The third kappa shape index (κ3) is 5.00. The Morgan fingerprint density at radius 2 is 1.78 bits per heavy atom. The molecule has 8 nitrogen and oxygen atoms in total. The molecule has 9 heteroatoms. The Morgan fingerprint density at radius 1 is 1.11 bits per heavy atom. The summed E-state index contributed by atoms with van der Waals surface area (Å²) < 4.78 is 35.1. The second-order valence-corrected chi connectivity index (χ2v) is 11.0. The lowest BCUT2D eigenvalue weighted by Crippen LogP contribution is -2.53. The molecule has 1 aromatic heterocycles. The highest BCUT2D eigenvalue weighted by Crippen LogP contribution is 2.40. The molecule has 0 bridgehead atoms. The van der Waals surface area contributed by atoms with Crippen LogP contribution in [0.3, 0.4) is 0 Å². The number of anilines is 1. The van der Waals surface area contributed by atoms with Gasteiger partial charge in [0.05, 0.1) is 16.5 Å². The van der Waals surface area contributed by atoms with Gasteiger partial charge in [0, 0.05) is 24.0 Å². The van der Waals surface area contributed by atoms with Crippen LogP contribution in [0.5, 0.6) is 5.88 Å². The molecule has 0 saturated heterocycles. The Labute approximate surface area is 212 Å². The lowest BCUT2D eigenvalue weighted by atomic mass is 9.88. The molecule has 2 heterocycles. The van der Waals surface area contributed by atoms with Crippen LogP contribution in [0.4, 0.5) is 5.69 Å². The average Bonchev–Trinajstić information content (AvgIpc) is 2.87. The fourth-order valence-electron chi connectivity index (χ4n) is 4.25. The fourth-order valence-corrected chi connectivity index (χ4v) is 5.47. The zero-order valence-electron chi connectivity index (χ0n) is 20.8. The van der Waals surface area contributed by atoms with Crippen LogP contribution < -0.4 is 14.4 Å². The molecule has 36 heavy (non-hydrogen) atoms. The largest absolute Gasteiger partial charge is 0.469 e. The van der Waals surface area contributed by atoms with Crippen LogP contribution in [0.2, 0.25) is 0 Å². The van der Waals surface area contributed by atoms with E-state index < -0.39 is 27.8 Å². The zero-order chi connectivity index (χ0) is 26.1. The highest BCUT2D eigenvalue weighted by molar-refractivity contribution is 7.89. The monoisotopic (exact) mass is 509 g/mol. The molecular formula is C27H31N3O5S. The van der Waals surface area contributed by atoms with E-state index in [1.165, 1.54) is 18.3 Å². The number of aliphatic hydroxyl groups excluding tert-OH is 1. The number of ether oxygens (including phenoxy) is 1. The second kappa shape index (κ2) is 10.0. The minimum Gasteiger partial charge on any atom is -0.469 e. The maximum atomic E-state index is 13.4. The number of rotatable bonds is 7. The van der Waals surface area contributed by atoms with Crippen molar-refractivity contribution >= 4 is 21.6 Å². The molecule has 0 radical (unpaired) electrons. The molecule has 3 aromatic rings. The molecule has 2 aromatic carbocycles. The summed E-state index contributed by atoms with van der Waals surface area (Å²) in [7, 11) is -4.00. The molecule has 1 aliphatic heterocycles. The van der Waals surface area contributed by atoms with Gasteiger partial charge in [0.25, 0.3) is 5.91 Å². The number of amides is 1. The van der Waals surface area contributed by atoms with Crippen molar-refractivity contribution in [1.82, 2.24) is 9.71 Å². The first-order valence-corrected chi connectivity index (χ1v) is 13.4. The van der Waals surface area contributed by atoms with E-state index in [2.05, 4.69) is 9.71 Å². The first kappa shape index (κ1) is 25.8. The Bertz CT molecular complexity index is 1340. The van der Waals surface area contributed by atoms with Crippen LogP contribution in [0.15, 0.2) is 71.8 Å². The zero-order valence-corrected chi connectivity index (χ0v) is 21.6. The summed E-state index contributed by atoms with van der Waals surface area (Å²) in [5.41, 5.74) is 1.17. The maximum absolute atomic E-state index is 13.4. The Balaban J connectivity index is 1.72. The van der Waals surface area contributed by atoms with Crippen molar-refractivity contribution < 1.29 is 23.1 Å². The van der Waals surface area contributed by atoms with Gasteiger partial charge in [-0.1, -0.05) is 37.3 Å². The highest BCUT2D eigenvalue weighted by atomic mass is 32.2. The van der Waals surface area contributed by atoms with Gasteiger partial charge in [-0.3, -0.25) is 4.79 Å². The summed E-state index contributed by atoms with van der Waals surface area (Å²) in [6.07, 6.45) is 0.960. The van der Waals surface area contributed by atoms with E-state index in [1.807, 2.05) is 44.2 Å². The summed E-state index contributed by atoms with van der Waals surface area (Å²) in [5.74, 6) is -0.131. The predicted molar refractivity (Wildman–Crippen MR) is 138 cm³/mol. The number of pyridine rings is 1. The summed E-state index contributed by atoms with van der Waals surface area (Å²) >= 11 is 0. The Kier molecular flexibility index (Phi) is 7.17. The van der Waals surface area contributed by atoms with Gasteiger partial charge in [0.1, 0.15) is 11.7 Å². The molecular weight excluding hydrogens is 478 g/mol. The minimum absolute atomic E-state index is 0.0826. The maximum Gasteiger partial charge on any atom is 0.259 e. The summed E-state index contributed by atoms with van der Waals surface area (Å²) in [5, 5.41) is 11.1. The number of benzene rings is 2. The van der Waals surface area contributed by atoms with Crippen molar-refractivity contribution in [3.05, 3.63) is 83.6 Å². The van der Waals surface area contributed by atoms with Gasteiger partial charge < -0.3 is 14.7 Å². The average molecular weight is 510 g/mol. The lowest BCUT2D eigenvalue weighted by Gasteiger charge is -2.41. The van der Waals surface area contributed by atoms with Gasteiger partial charge >= 0.3 is 0 Å². The van der Waals surface area contributed by atoms with Crippen molar-refractivity contribution in [1.29, 1.82) is 0 Å². The third-order valence-electron chi connectivity index (χ3n) is 6.40. The molecule has 2 atom stereocenters. The number of fused-ring (bicyclic) bond motifs is 1. The van der Waals surface area contributed by atoms with Gasteiger partial charge in [-0.05, 0) is 63.1 Å². The molecule has 2 N–H and O–H groups in total. The smallest absolute Gasteiger partial charge is 0.259 e. The third-order valence-corrected chi connectivity index (χ3v) is 7.86. The van der Waals surface area contributed by atoms with Crippen molar-refractivity contribution in [3.8, 4) is 5.88 Å². The molecule has 0 aliphatic carbocycles. The van der Waals surface area contributed by atoms with E-state index in [0.717, 1.165) is 17.7 Å². The van der Waals surface area contributed by atoms with Gasteiger partial charge in [-0.2, -0.15) is 0 Å². The first-order valence-electron chi connectivity index (χ1n) is 11.9. The number of para-hydroxylation sites is 1. The van der Waals surface area contributed by atoms with Crippen molar-refractivity contribution in [3.63, 3.8) is 0 Å². The number of aromatic nitrogens is 1. The van der Waals surface area contributed by atoms with Crippen LogP contribution in [0.1, 0.15) is 55.2 Å². The molecule has 0 saturated carbocycles. The number of carbonyl (C=O) groups excluding carboxylic acids is 1. The fraction of sp³-hybridized carbons (Fsp3) is 0.333. The van der Waals surface area contributed by atoms with Crippen LogP contribution >= 0.6 is 0 Å². The number of aryl methyl sites for hydroxylation is 1. The van der Waals surface area contributed by atoms with E-state index in [1.54, 1.807) is 36.9 Å². The molecule has 190 valence electrons. The Hall–Kier alpha value is -3.27. The number of carbonyl (C=O) groups is 1. The van der Waals surface area contributed by atoms with Gasteiger partial charge in [0.2, 0.25) is 15.9 Å². The molecule has 1 aliphatic rings. The molecule has 4 rings (SSSR count). The summed E-state index contributed by atoms with van der Waals surface area (Å²) in [6.45, 7) is 7.60. The number of aliphatic hydroxyl groups is 1. The summed E-state index contributed by atoms with van der Waals surface area (Å²) in [4.78, 5) is 19.4. The van der Waals surface area contributed by atoms with Crippen LogP contribution in [0.25, 0.3) is 0 Å². The van der Waals surface area contributed by atoms with Gasteiger partial charge in [-0.25, -0.2) is 18.1 Å². The lowest BCUT2D eigenvalue weighted by molar-refractivity contribution is -0.0632. The van der Waals surface area contributed by atoms with Crippen LogP contribution in [-0.2, 0) is 16.4 Å². The van der Waals surface area contributed by atoms with Crippen molar-refractivity contribution in [2.45, 2.75) is 56.8 Å². The molecule has 0 unspecified atom stereocenters. The van der Waals surface area contributed by atoms with Gasteiger partial charge in [-0.15, -0.1) is 0 Å². The highest BCUT2D eigenvalue weighted by Gasteiger charge is 2.45. The van der Waals surface area contributed by atoms with Crippen LogP contribution in [-0.4, -0.2) is 42.7 Å². The predicted octanol–water partition coefficient (Wildman–Crippen LogP) is 3.86. The second-order valence-electron chi connectivity index (χ2n) is 9.25. The molecule has 0 spiro atoms. The Morgan fingerprint density at radius 3 is 2.39 bits per heavy atom. The SMILES string of the molecule is CCc1ccc(S(=O)(=O)N[C@@H]2c3cc(C(=O)N(CC)c4ccccc4)cnc3OC(C)(C)[C@H]2O)cc1. The van der Waals surface area contributed by atoms with Gasteiger partial charge in [0.15, 0.2) is 0 Å². The molecule has 1 amide bonds. The van der Waals surface area contributed by atoms with E-state index >= 15 is 0 Å². The number of nitrogens with zero attached hydrogens (tertiary/aromatic N) is 2. The number of nitrogens with one attached hydrogen (secondary N) is 1. The number of hydrogen-bond acceptors (Lipinski definition) is 6. The van der Waals surface area contributed by atoms with E-state index in [0.29, 0.717) is 12.1 Å².